The van der Waals surface area contributed by atoms with Crippen molar-refractivity contribution >= 4 is 91.0 Å². The molecular formula is C37H76GePSi8+. The summed E-state index contributed by atoms with van der Waals surface area (Å²) in [7, 11) is -8.61. The molecule has 47 heavy (non-hydrogen) atoms. The first-order valence-corrected chi connectivity index (χ1v) is 54.2. The number of benzene rings is 2. The van der Waals surface area contributed by atoms with Gasteiger partial charge in [-0.1, -0.05) is 0 Å². The van der Waals surface area contributed by atoms with Gasteiger partial charge in [0.25, 0.3) is 0 Å². The summed E-state index contributed by atoms with van der Waals surface area (Å²) in [6.07, 6.45) is 0. The molecule has 0 heterocycles. The standard InChI is InChI=1S/C34H66GeSi8.C3H9P/c1-36(2,3)42(37(4,5)6,38(7,8)9)29-33(31-25-21-19-22-26-31)35-34(32-27-23-20-24-28-32)30-43(39(10,11)12,40(13,14)15)41(16,17)18;1-4(2)3/h19-30H,1-18H3;1-3H3/p+1/b33-29-,34-30-;. The first kappa shape index (κ1) is 45.6. The Bertz CT molecular complexity index is 1150. The van der Waals surface area contributed by atoms with Crippen LogP contribution in [0.25, 0.3) is 8.81 Å². The summed E-state index contributed by atoms with van der Waals surface area (Å²) in [6, 6.07) is 23.4. The van der Waals surface area contributed by atoms with Crippen LogP contribution in [0.2, 0.25) is 118 Å². The van der Waals surface area contributed by atoms with E-state index in [2.05, 4.69) is 210 Å². The van der Waals surface area contributed by atoms with Crippen LogP contribution in [0.15, 0.2) is 72.1 Å². The molecule has 2 rings (SSSR count). The van der Waals surface area contributed by atoms with E-state index < -0.39 is 74.2 Å². The van der Waals surface area contributed by atoms with Crippen molar-refractivity contribution in [2.75, 3.05) is 20.0 Å². The van der Waals surface area contributed by atoms with Gasteiger partial charge in [-0.2, -0.15) is 0 Å². The molecule has 0 atom stereocenters. The van der Waals surface area contributed by atoms with Crippen LogP contribution in [0.4, 0.5) is 0 Å². The van der Waals surface area contributed by atoms with Crippen molar-refractivity contribution in [2.45, 2.75) is 118 Å². The molecule has 0 spiro atoms. The summed E-state index contributed by atoms with van der Waals surface area (Å²) in [6.45, 7) is 53.0. The van der Waals surface area contributed by atoms with Crippen LogP contribution in [0.1, 0.15) is 11.1 Å². The van der Waals surface area contributed by atoms with E-state index in [-0.39, 0.29) is 7.92 Å². The average molecular weight is 849 g/mol. The predicted octanol–water partition coefficient (Wildman–Crippen LogP) is 12.3. The Morgan fingerprint density at radius 2 is 0.596 bits per heavy atom. The zero-order valence-electron chi connectivity index (χ0n) is 34.9. The Morgan fingerprint density at radius 3 is 0.766 bits per heavy atom. The first-order chi connectivity index (χ1) is 20.9. The van der Waals surface area contributed by atoms with Crippen molar-refractivity contribution in [3.63, 3.8) is 0 Å². The van der Waals surface area contributed by atoms with Crippen molar-refractivity contribution in [1.29, 1.82) is 0 Å². The third-order valence-electron chi connectivity index (χ3n) is 10.3. The Hall–Kier alpha value is 0.628. The number of hydrogen-bond acceptors (Lipinski definition) is 0. The summed E-state index contributed by atoms with van der Waals surface area (Å²) in [4.78, 5) is 0. The van der Waals surface area contributed by atoms with Gasteiger partial charge in [0.1, 0.15) is 0 Å². The molecule has 0 N–H and O–H groups in total. The molecule has 2 aromatic rings. The number of hydrogen-bond donors (Lipinski definition) is 0. The van der Waals surface area contributed by atoms with Crippen LogP contribution in [0, 0.1) is 0 Å². The van der Waals surface area contributed by atoms with Gasteiger partial charge in [-0.25, -0.2) is 0 Å². The van der Waals surface area contributed by atoms with Crippen LogP contribution >= 0.6 is 7.92 Å². The average Bonchev–Trinajstić information content (AvgIpc) is 2.84. The first-order valence-electron chi connectivity index (χ1n) is 18.0. The molecule has 0 bridgehead atoms. The molecule has 0 unspecified atom stereocenters. The Labute approximate surface area is 309 Å². The molecule has 2 radical (unpaired) electrons. The third-order valence-corrected chi connectivity index (χ3v) is 156. The Morgan fingerprint density at radius 1 is 0.404 bits per heavy atom. The summed E-state index contributed by atoms with van der Waals surface area (Å²) >= 11 is -0.558. The van der Waals surface area contributed by atoms with Crippen LogP contribution in [-0.2, 0) is 0 Å². The fraction of sp³-hybridized carbons (Fsp3) is 0.568. The SMILES string of the molecule is C[PH+](C)C.C[Si](C)(C)[Si](/C=[C](\[Ge]/[C](=C\[Si]([Si](C)(C)C)([Si](C)(C)C)[Si](C)(C)C)c1ccccc1)c1ccccc1)([Si](C)(C)C)[Si](C)(C)C. The Kier molecular flexibility index (Phi) is 16.1. The summed E-state index contributed by atoms with van der Waals surface area (Å²) in [5.74, 6) is 0. The minimum atomic E-state index is -1.69. The fourth-order valence-corrected chi connectivity index (χ4v) is 211. The zero-order valence-corrected chi connectivity index (χ0v) is 46.0. The van der Waals surface area contributed by atoms with Gasteiger partial charge >= 0.3 is 284 Å². The fourth-order valence-electron chi connectivity index (χ4n) is 10.2. The molecule has 0 aliphatic heterocycles. The summed E-state index contributed by atoms with van der Waals surface area (Å²) in [5, 5.41) is 0. The van der Waals surface area contributed by atoms with Crippen molar-refractivity contribution < 1.29 is 0 Å². The van der Waals surface area contributed by atoms with E-state index >= 15 is 0 Å². The molecule has 0 aliphatic carbocycles. The maximum absolute atomic E-state index is 3.14. The molecule has 0 fully saturated rings. The van der Waals surface area contributed by atoms with Crippen molar-refractivity contribution in [3.05, 3.63) is 83.2 Å². The molecular weight excluding hydrogens is 773 g/mol. The van der Waals surface area contributed by atoms with E-state index in [1.807, 2.05) is 0 Å². The van der Waals surface area contributed by atoms with Gasteiger partial charge in [0.15, 0.2) is 0 Å². The van der Waals surface area contributed by atoms with Gasteiger partial charge in [-0.3, -0.25) is 0 Å². The van der Waals surface area contributed by atoms with Gasteiger partial charge in [0, 0.05) is 20.0 Å². The van der Waals surface area contributed by atoms with Crippen molar-refractivity contribution in [2.24, 2.45) is 0 Å². The molecule has 0 aromatic heterocycles. The van der Waals surface area contributed by atoms with E-state index in [0.29, 0.717) is 0 Å². The second kappa shape index (κ2) is 16.5. The molecule has 0 saturated heterocycles. The van der Waals surface area contributed by atoms with Gasteiger partial charge in [-0.15, -0.1) is 0 Å². The normalized spacial score (nSPS) is 15.0. The van der Waals surface area contributed by atoms with Gasteiger partial charge in [0.2, 0.25) is 0 Å². The quantitative estimate of drug-likeness (QED) is 0.147. The molecule has 0 nitrogen and oxygen atoms in total. The Balaban J connectivity index is 0.00000260. The van der Waals surface area contributed by atoms with Gasteiger partial charge in [-0.05, 0) is 7.92 Å². The summed E-state index contributed by atoms with van der Waals surface area (Å²) < 4.78 is 3.55. The van der Waals surface area contributed by atoms with Crippen LogP contribution < -0.4 is 0 Å². The van der Waals surface area contributed by atoms with E-state index in [0.717, 1.165) is 0 Å². The monoisotopic (exact) mass is 849 g/mol. The van der Waals surface area contributed by atoms with Crippen LogP contribution in [0.5, 0.6) is 0 Å². The summed E-state index contributed by atoms with van der Waals surface area (Å²) in [5.41, 5.74) is 9.34. The second-order valence-electron chi connectivity index (χ2n) is 20.6. The van der Waals surface area contributed by atoms with E-state index in [1.165, 1.54) is 11.1 Å². The molecule has 0 saturated carbocycles. The van der Waals surface area contributed by atoms with E-state index in [4.69, 9.17) is 0 Å². The topological polar surface area (TPSA) is 0 Å². The second-order valence-corrected chi connectivity index (χ2v) is 107. The molecule has 2 aromatic carbocycles. The maximum atomic E-state index is 3.14. The molecule has 0 aliphatic rings. The predicted molar refractivity (Wildman–Crippen MR) is 252 cm³/mol. The molecule has 264 valence electrons. The minimum absolute atomic E-state index is 0.120. The van der Waals surface area contributed by atoms with Gasteiger partial charge < -0.3 is 0 Å². The molecule has 10 heteroatoms. The van der Waals surface area contributed by atoms with Gasteiger partial charge in [0.05, 0.1) is 0 Å². The number of rotatable bonds is 12. The van der Waals surface area contributed by atoms with Crippen molar-refractivity contribution in [3.8, 4) is 0 Å². The van der Waals surface area contributed by atoms with Crippen molar-refractivity contribution in [1.82, 2.24) is 0 Å². The van der Waals surface area contributed by atoms with Crippen LogP contribution in [0.3, 0.4) is 0 Å². The third kappa shape index (κ3) is 10.8. The van der Waals surface area contributed by atoms with E-state index in [1.54, 1.807) is 8.81 Å². The van der Waals surface area contributed by atoms with E-state index in [9.17, 15) is 0 Å². The zero-order chi connectivity index (χ0) is 37.1. The molecule has 0 amide bonds. The van der Waals surface area contributed by atoms with Crippen LogP contribution in [-0.4, -0.2) is 94.2 Å².